The molecule has 7 nitrogen and oxygen atoms in total. The van der Waals surface area contributed by atoms with E-state index in [-0.39, 0.29) is 24.2 Å². The Morgan fingerprint density at radius 1 is 1.10 bits per heavy atom. The molecule has 7 heteroatoms. The molecule has 2 aromatic rings. The number of nitrogens with one attached hydrogen (secondary N) is 2. The second kappa shape index (κ2) is 7.65. The molecule has 0 saturated carbocycles. The van der Waals surface area contributed by atoms with E-state index in [4.69, 9.17) is 0 Å². The molecule has 1 fully saturated rings. The van der Waals surface area contributed by atoms with Crippen LogP contribution in [0.15, 0.2) is 42.5 Å². The molecule has 0 radical (unpaired) electrons. The van der Waals surface area contributed by atoms with Gasteiger partial charge in [-0.1, -0.05) is 37.6 Å². The first-order valence-electron chi connectivity index (χ1n) is 10.5. The van der Waals surface area contributed by atoms with Gasteiger partial charge in [0.25, 0.3) is 5.91 Å². The number of benzene rings is 2. The van der Waals surface area contributed by atoms with Crippen LogP contribution >= 0.6 is 0 Å². The summed E-state index contributed by atoms with van der Waals surface area (Å²) in [7, 11) is 0. The maximum absolute atomic E-state index is 13.1. The monoisotopic (exact) mass is 419 g/mol. The third-order valence-electron chi connectivity index (χ3n) is 6.14. The van der Waals surface area contributed by atoms with Gasteiger partial charge in [0, 0.05) is 11.3 Å². The lowest BCUT2D eigenvalue weighted by molar-refractivity contribution is -0.130. The van der Waals surface area contributed by atoms with E-state index in [1.807, 2.05) is 24.3 Å². The van der Waals surface area contributed by atoms with Gasteiger partial charge in [0.2, 0.25) is 5.91 Å². The lowest BCUT2D eigenvalue weighted by atomic mass is 9.91. The average molecular weight is 419 g/mol. The molecule has 2 N–H and O–H groups in total. The number of anilines is 1. The highest BCUT2D eigenvalue weighted by Crippen LogP contribution is 2.33. The van der Waals surface area contributed by atoms with Crippen molar-refractivity contribution in [2.75, 3.05) is 11.9 Å². The van der Waals surface area contributed by atoms with Crippen molar-refractivity contribution in [1.29, 1.82) is 0 Å². The number of urea groups is 1. The van der Waals surface area contributed by atoms with E-state index in [0.29, 0.717) is 16.8 Å². The van der Waals surface area contributed by atoms with Gasteiger partial charge in [-0.2, -0.15) is 0 Å². The number of imide groups is 1. The zero-order valence-corrected chi connectivity index (χ0v) is 17.8. The molecule has 2 aliphatic heterocycles. The second-order valence-corrected chi connectivity index (χ2v) is 8.33. The van der Waals surface area contributed by atoms with E-state index in [9.17, 15) is 19.2 Å². The zero-order chi connectivity index (χ0) is 22.3. The summed E-state index contributed by atoms with van der Waals surface area (Å²) in [5.41, 5.74) is 2.41. The van der Waals surface area contributed by atoms with Crippen molar-refractivity contribution in [3.05, 3.63) is 64.7 Å². The van der Waals surface area contributed by atoms with E-state index < -0.39 is 17.5 Å². The van der Waals surface area contributed by atoms with Gasteiger partial charge in [0.05, 0.1) is 12.5 Å². The number of nitrogens with zero attached hydrogens (tertiary/aromatic N) is 1. The fraction of sp³-hybridized carbons (Fsp3) is 0.333. The van der Waals surface area contributed by atoms with Crippen LogP contribution in [0.25, 0.3) is 0 Å². The third-order valence-corrected chi connectivity index (χ3v) is 6.14. The Bertz CT molecular complexity index is 1090. The molecule has 4 amide bonds. The quantitative estimate of drug-likeness (QED) is 0.554. The molecule has 2 aromatic carbocycles. The normalized spacial score (nSPS) is 22.4. The molecular weight excluding hydrogens is 394 g/mol. The van der Waals surface area contributed by atoms with Gasteiger partial charge in [-0.25, -0.2) is 4.79 Å². The van der Waals surface area contributed by atoms with Gasteiger partial charge in [-0.15, -0.1) is 0 Å². The van der Waals surface area contributed by atoms with Crippen LogP contribution in [-0.2, 0) is 21.5 Å². The SMILES string of the molecule is CCCc1ccc([C@@]2(C)NC(=O)N(CC(=O)c3ccc4c(c3)[C@H](C)C(=O)N4)C2=O)cc1. The summed E-state index contributed by atoms with van der Waals surface area (Å²) in [6.07, 6.45) is 1.96. The highest BCUT2D eigenvalue weighted by molar-refractivity contribution is 6.11. The Balaban J connectivity index is 1.53. The number of carbonyl (C=O) groups excluding carboxylic acids is 4. The molecule has 160 valence electrons. The Labute approximate surface area is 180 Å². The number of fused-ring (bicyclic) bond motifs is 1. The minimum Gasteiger partial charge on any atom is -0.325 e. The van der Waals surface area contributed by atoms with E-state index in [2.05, 4.69) is 17.6 Å². The highest BCUT2D eigenvalue weighted by atomic mass is 16.2. The van der Waals surface area contributed by atoms with E-state index in [0.717, 1.165) is 28.9 Å². The van der Waals surface area contributed by atoms with Crippen molar-refractivity contribution in [2.45, 2.75) is 45.1 Å². The lowest BCUT2D eigenvalue weighted by Gasteiger charge is -2.22. The van der Waals surface area contributed by atoms with E-state index in [1.165, 1.54) is 0 Å². The van der Waals surface area contributed by atoms with Crippen LogP contribution in [0.5, 0.6) is 0 Å². The van der Waals surface area contributed by atoms with Crippen molar-refractivity contribution in [3.8, 4) is 0 Å². The molecule has 0 bridgehead atoms. The molecule has 1 saturated heterocycles. The molecule has 4 rings (SSSR count). The van der Waals surface area contributed by atoms with Gasteiger partial charge in [0.15, 0.2) is 5.78 Å². The molecule has 0 unspecified atom stereocenters. The summed E-state index contributed by atoms with van der Waals surface area (Å²) in [6.45, 7) is 5.16. The maximum atomic E-state index is 13.1. The number of hydrogen-bond donors (Lipinski definition) is 2. The molecule has 2 atom stereocenters. The fourth-order valence-corrected chi connectivity index (χ4v) is 4.15. The number of ketones is 1. The van der Waals surface area contributed by atoms with Gasteiger partial charge in [-0.05, 0) is 55.2 Å². The Morgan fingerprint density at radius 2 is 1.81 bits per heavy atom. The van der Waals surface area contributed by atoms with Crippen molar-refractivity contribution in [3.63, 3.8) is 0 Å². The summed E-state index contributed by atoms with van der Waals surface area (Å²) in [5.74, 6) is -1.28. The number of Topliss-reactive ketones (excluding diaryl/α,β-unsaturated/α-hetero) is 1. The first-order chi connectivity index (χ1) is 14.7. The van der Waals surface area contributed by atoms with Crippen LogP contribution in [-0.4, -0.2) is 35.1 Å². The van der Waals surface area contributed by atoms with Crippen LogP contribution < -0.4 is 10.6 Å². The number of amides is 4. The molecular formula is C24H25N3O4. The van der Waals surface area contributed by atoms with Gasteiger partial charge in [-0.3, -0.25) is 19.3 Å². The Morgan fingerprint density at radius 3 is 2.48 bits per heavy atom. The standard InChI is InChI=1S/C24H25N3O4/c1-4-5-15-6-9-17(10-7-15)24(3)22(30)27(23(31)26-24)13-20(28)16-8-11-19-18(12-16)14(2)21(29)25-19/h6-12,14H,4-5,13H2,1-3H3,(H,25,29)(H,26,31)/t14-,24+/m0/s1. The number of rotatable bonds is 6. The first kappa shape index (κ1) is 20.8. The lowest BCUT2D eigenvalue weighted by Crippen LogP contribution is -2.41. The van der Waals surface area contributed by atoms with E-state index in [1.54, 1.807) is 32.0 Å². The topological polar surface area (TPSA) is 95.6 Å². The maximum Gasteiger partial charge on any atom is 0.325 e. The second-order valence-electron chi connectivity index (χ2n) is 8.33. The van der Waals surface area contributed by atoms with Gasteiger partial charge < -0.3 is 10.6 Å². The summed E-state index contributed by atoms with van der Waals surface area (Å²) >= 11 is 0. The molecule has 2 heterocycles. The fourth-order valence-electron chi connectivity index (χ4n) is 4.15. The largest absolute Gasteiger partial charge is 0.325 e. The average Bonchev–Trinajstić information content (AvgIpc) is 3.16. The molecule has 0 aromatic heterocycles. The number of carbonyl (C=O) groups is 4. The van der Waals surface area contributed by atoms with Crippen LogP contribution in [0.2, 0.25) is 0 Å². The summed E-state index contributed by atoms with van der Waals surface area (Å²) in [5, 5.41) is 5.50. The van der Waals surface area contributed by atoms with Crippen molar-refractivity contribution in [1.82, 2.24) is 10.2 Å². The predicted molar refractivity (Wildman–Crippen MR) is 116 cm³/mol. The molecule has 0 spiro atoms. The zero-order valence-electron chi connectivity index (χ0n) is 17.8. The first-order valence-corrected chi connectivity index (χ1v) is 10.5. The van der Waals surface area contributed by atoms with Gasteiger partial charge >= 0.3 is 6.03 Å². The van der Waals surface area contributed by atoms with Crippen LogP contribution in [0.4, 0.5) is 10.5 Å². The highest BCUT2D eigenvalue weighted by Gasteiger charge is 2.49. The minimum absolute atomic E-state index is 0.116. The van der Waals surface area contributed by atoms with Crippen LogP contribution in [0.3, 0.4) is 0 Å². The Hall–Kier alpha value is -3.48. The van der Waals surface area contributed by atoms with E-state index >= 15 is 0 Å². The van der Waals surface area contributed by atoms with Crippen molar-refractivity contribution < 1.29 is 19.2 Å². The number of hydrogen-bond acceptors (Lipinski definition) is 4. The van der Waals surface area contributed by atoms with Crippen LogP contribution in [0.1, 0.15) is 60.2 Å². The van der Waals surface area contributed by atoms with Gasteiger partial charge in [0.1, 0.15) is 5.54 Å². The molecule has 31 heavy (non-hydrogen) atoms. The number of aryl methyl sites for hydroxylation is 1. The van der Waals surface area contributed by atoms with Crippen molar-refractivity contribution in [2.24, 2.45) is 0 Å². The van der Waals surface area contributed by atoms with Crippen LogP contribution in [0, 0.1) is 0 Å². The molecule has 0 aliphatic carbocycles. The summed E-state index contributed by atoms with van der Waals surface area (Å²) < 4.78 is 0. The Kier molecular flexibility index (Phi) is 5.13. The molecule has 2 aliphatic rings. The predicted octanol–water partition coefficient (Wildman–Crippen LogP) is 3.34. The smallest absolute Gasteiger partial charge is 0.325 e. The minimum atomic E-state index is -1.22. The summed E-state index contributed by atoms with van der Waals surface area (Å²) in [6, 6.07) is 12.0. The summed E-state index contributed by atoms with van der Waals surface area (Å²) in [4.78, 5) is 51.4. The third kappa shape index (κ3) is 3.50. The van der Waals surface area contributed by atoms with Crippen molar-refractivity contribution >= 4 is 29.3 Å².